The lowest BCUT2D eigenvalue weighted by Crippen LogP contribution is -2.46. The Morgan fingerprint density at radius 1 is 1.09 bits per heavy atom. The third kappa shape index (κ3) is 5.52. The SMILES string of the molecule is COCCNC(=O)C(c1ccc(C)cc1)N(C(=O)Cn1nnc2ccccc21)c1cccc(F)c1. The summed E-state index contributed by atoms with van der Waals surface area (Å²) >= 11 is 0. The van der Waals surface area contributed by atoms with Gasteiger partial charge in [0.2, 0.25) is 11.8 Å². The van der Waals surface area contributed by atoms with Crippen molar-refractivity contribution < 1.29 is 18.7 Å². The summed E-state index contributed by atoms with van der Waals surface area (Å²) in [5.41, 5.74) is 3.17. The summed E-state index contributed by atoms with van der Waals surface area (Å²) in [7, 11) is 1.54. The number of methoxy groups -OCH3 is 1. The number of benzene rings is 3. The molecular formula is C26H26FN5O3. The highest BCUT2D eigenvalue weighted by Gasteiger charge is 2.33. The van der Waals surface area contributed by atoms with E-state index in [1.165, 1.54) is 34.9 Å². The molecule has 1 unspecified atom stereocenters. The first kappa shape index (κ1) is 24.0. The van der Waals surface area contributed by atoms with Gasteiger partial charge >= 0.3 is 0 Å². The molecule has 9 heteroatoms. The van der Waals surface area contributed by atoms with Crippen LogP contribution in [-0.4, -0.2) is 47.1 Å². The van der Waals surface area contributed by atoms with Gasteiger partial charge in [0.1, 0.15) is 23.9 Å². The van der Waals surface area contributed by atoms with Crippen molar-refractivity contribution in [2.24, 2.45) is 0 Å². The molecule has 4 rings (SSSR count). The minimum absolute atomic E-state index is 0.190. The zero-order valence-electron chi connectivity index (χ0n) is 19.5. The highest BCUT2D eigenvalue weighted by Crippen LogP contribution is 2.29. The van der Waals surface area contributed by atoms with Crippen LogP contribution in [0.15, 0.2) is 72.8 Å². The molecule has 8 nitrogen and oxygen atoms in total. The minimum Gasteiger partial charge on any atom is -0.383 e. The highest BCUT2D eigenvalue weighted by molar-refractivity contribution is 6.01. The predicted molar refractivity (Wildman–Crippen MR) is 130 cm³/mol. The molecule has 0 fully saturated rings. The van der Waals surface area contributed by atoms with Crippen LogP contribution < -0.4 is 10.2 Å². The number of halogens is 1. The maximum Gasteiger partial charge on any atom is 0.249 e. The number of ether oxygens (including phenoxy) is 1. The minimum atomic E-state index is -1.04. The molecule has 0 saturated heterocycles. The van der Waals surface area contributed by atoms with E-state index in [9.17, 15) is 14.0 Å². The van der Waals surface area contributed by atoms with Gasteiger partial charge in [0.05, 0.1) is 12.1 Å². The van der Waals surface area contributed by atoms with Crippen LogP contribution in [0.1, 0.15) is 17.2 Å². The van der Waals surface area contributed by atoms with Gasteiger partial charge in [0, 0.05) is 19.3 Å². The summed E-state index contributed by atoms with van der Waals surface area (Å²) in [6.45, 7) is 2.31. The topological polar surface area (TPSA) is 89.4 Å². The molecule has 0 radical (unpaired) electrons. The first-order valence-electron chi connectivity index (χ1n) is 11.2. The highest BCUT2D eigenvalue weighted by atomic mass is 19.1. The van der Waals surface area contributed by atoms with Gasteiger partial charge in [-0.05, 0) is 42.8 Å². The Kier molecular flexibility index (Phi) is 7.47. The predicted octanol–water partition coefficient (Wildman–Crippen LogP) is 3.42. The molecule has 2 amide bonds. The second-order valence-electron chi connectivity index (χ2n) is 8.08. The fourth-order valence-electron chi connectivity index (χ4n) is 3.84. The second-order valence-corrected chi connectivity index (χ2v) is 8.08. The largest absolute Gasteiger partial charge is 0.383 e. The Labute approximate surface area is 202 Å². The average molecular weight is 476 g/mol. The molecule has 1 aromatic heterocycles. The molecule has 0 spiro atoms. The summed E-state index contributed by atoms with van der Waals surface area (Å²) in [5.74, 6) is -1.38. The summed E-state index contributed by atoms with van der Waals surface area (Å²) in [6.07, 6.45) is 0. The van der Waals surface area contributed by atoms with Crippen molar-refractivity contribution in [1.29, 1.82) is 0 Å². The molecule has 3 aromatic carbocycles. The standard InChI is InChI=1S/C26H26FN5O3/c1-18-10-12-19(13-11-18)25(26(34)28-14-15-35-2)32(21-7-5-6-20(27)16-21)24(33)17-31-23-9-4-3-8-22(23)29-30-31/h3-13,16,25H,14-15,17H2,1-2H3,(H,28,34). The Hall–Kier alpha value is -4.11. The van der Waals surface area contributed by atoms with Crippen molar-refractivity contribution in [3.63, 3.8) is 0 Å². The molecule has 35 heavy (non-hydrogen) atoms. The number of nitrogens with zero attached hydrogens (tertiary/aromatic N) is 4. The van der Waals surface area contributed by atoms with E-state index >= 15 is 0 Å². The van der Waals surface area contributed by atoms with Crippen molar-refractivity contribution >= 4 is 28.5 Å². The number of nitrogens with one attached hydrogen (secondary N) is 1. The van der Waals surface area contributed by atoms with Crippen molar-refractivity contribution in [3.05, 3.63) is 89.7 Å². The van der Waals surface area contributed by atoms with Gasteiger partial charge in [0.25, 0.3) is 0 Å². The molecule has 1 atom stereocenters. The number of carbonyl (C=O) groups is 2. The van der Waals surface area contributed by atoms with Crippen LogP contribution in [-0.2, 0) is 20.9 Å². The van der Waals surface area contributed by atoms with Crippen molar-refractivity contribution in [3.8, 4) is 0 Å². The summed E-state index contributed by atoms with van der Waals surface area (Å²) < 4.78 is 20.8. The third-order valence-electron chi connectivity index (χ3n) is 5.57. The van der Waals surface area contributed by atoms with E-state index in [2.05, 4.69) is 15.6 Å². The van der Waals surface area contributed by atoms with Crippen LogP contribution in [0.4, 0.5) is 10.1 Å². The van der Waals surface area contributed by atoms with Gasteiger partial charge in [-0.1, -0.05) is 53.2 Å². The van der Waals surface area contributed by atoms with Crippen molar-refractivity contribution in [2.75, 3.05) is 25.2 Å². The Morgan fingerprint density at radius 3 is 2.60 bits per heavy atom. The maximum atomic E-state index is 14.3. The van der Waals surface area contributed by atoms with E-state index in [1.54, 1.807) is 24.3 Å². The zero-order valence-corrected chi connectivity index (χ0v) is 19.5. The van der Waals surface area contributed by atoms with Crippen LogP contribution in [0.5, 0.6) is 0 Å². The number of para-hydroxylation sites is 1. The number of aromatic nitrogens is 3. The van der Waals surface area contributed by atoms with E-state index in [4.69, 9.17) is 4.74 Å². The van der Waals surface area contributed by atoms with Gasteiger partial charge in [-0.15, -0.1) is 5.10 Å². The number of hydrogen-bond acceptors (Lipinski definition) is 5. The quantitative estimate of drug-likeness (QED) is 0.375. The van der Waals surface area contributed by atoms with Gasteiger partial charge < -0.3 is 10.1 Å². The monoisotopic (exact) mass is 475 g/mol. The van der Waals surface area contributed by atoms with Crippen molar-refractivity contribution in [1.82, 2.24) is 20.3 Å². The van der Waals surface area contributed by atoms with Crippen LogP contribution in [0.3, 0.4) is 0 Å². The van der Waals surface area contributed by atoms with E-state index < -0.39 is 23.7 Å². The van der Waals surface area contributed by atoms with Gasteiger partial charge in [-0.3, -0.25) is 14.5 Å². The number of amides is 2. The lowest BCUT2D eigenvalue weighted by Gasteiger charge is -2.31. The fraction of sp³-hybridized carbons (Fsp3) is 0.231. The fourth-order valence-corrected chi connectivity index (χ4v) is 3.84. The number of carbonyl (C=O) groups excluding carboxylic acids is 2. The van der Waals surface area contributed by atoms with Crippen LogP contribution >= 0.6 is 0 Å². The molecule has 1 heterocycles. The van der Waals surface area contributed by atoms with E-state index in [1.807, 2.05) is 37.3 Å². The van der Waals surface area contributed by atoms with Crippen LogP contribution in [0.25, 0.3) is 11.0 Å². The van der Waals surface area contributed by atoms with E-state index in [0.29, 0.717) is 23.2 Å². The molecule has 0 saturated carbocycles. The number of rotatable bonds is 9. The second kappa shape index (κ2) is 10.9. The summed E-state index contributed by atoms with van der Waals surface area (Å²) in [5, 5.41) is 11.0. The van der Waals surface area contributed by atoms with Crippen LogP contribution in [0, 0.1) is 12.7 Å². The first-order chi connectivity index (χ1) is 17.0. The molecule has 180 valence electrons. The van der Waals surface area contributed by atoms with Gasteiger partial charge in [0.15, 0.2) is 0 Å². The smallest absolute Gasteiger partial charge is 0.249 e. The van der Waals surface area contributed by atoms with Gasteiger partial charge in [-0.25, -0.2) is 9.07 Å². The molecule has 4 aromatic rings. The average Bonchev–Trinajstić information content (AvgIpc) is 3.26. The number of aryl methyl sites for hydroxylation is 1. The molecule has 1 N–H and O–H groups in total. The molecule has 0 aliphatic heterocycles. The maximum absolute atomic E-state index is 14.3. The lowest BCUT2D eigenvalue weighted by atomic mass is 10.0. The third-order valence-corrected chi connectivity index (χ3v) is 5.57. The van der Waals surface area contributed by atoms with E-state index in [-0.39, 0.29) is 18.8 Å². The number of anilines is 1. The molecule has 0 bridgehead atoms. The molecule has 0 aliphatic rings. The summed E-state index contributed by atoms with van der Waals surface area (Å²) in [4.78, 5) is 28.5. The normalized spacial score (nSPS) is 11.9. The Balaban J connectivity index is 1.77. The number of hydrogen-bond donors (Lipinski definition) is 1. The van der Waals surface area contributed by atoms with Crippen molar-refractivity contribution in [2.45, 2.75) is 19.5 Å². The van der Waals surface area contributed by atoms with Gasteiger partial charge in [-0.2, -0.15) is 0 Å². The summed E-state index contributed by atoms with van der Waals surface area (Å²) in [6, 6.07) is 19.2. The zero-order chi connectivity index (χ0) is 24.8. The number of fused-ring (bicyclic) bond motifs is 1. The molecule has 0 aliphatic carbocycles. The van der Waals surface area contributed by atoms with Crippen LogP contribution in [0.2, 0.25) is 0 Å². The Morgan fingerprint density at radius 2 is 1.86 bits per heavy atom. The Bertz CT molecular complexity index is 1320. The molecular weight excluding hydrogens is 449 g/mol. The lowest BCUT2D eigenvalue weighted by molar-refractivity contribution is -0.127. The van der Waals surface area contributed by atoms with E-state index in [0.717, 1.165) is 5.56 Å². The first-order valence-corrected chi connectivity index (χ1v) is 11.2.